The van der Waals surface area contributed by atoms with Crippen molar-refractivity contribution in [2.45, 2.75) is 25.7 Å². The highest BCUT2D eigenvalue weighted by Crippen LogP contribution is 2.17. The van der Waals surface area contributed by atoms with Gasteiger partial charge in [-0.1, -0.05) is 12.2 Å². The van der Waals surface area contributed by atoms with E-state index in [-0.39, 0.29) is 13.0 Å². The van der Waals surface area contributed by atoms with Crippen LogP contribution < -0.4 is 4.72 Å². The number of aliphatic carboxylic acids is 1. The summed E-state index contributed by atoms with van der Waals surface area (Å²) in [5, 5.41) is 8.51. The molecule has 0 heterocycles. The summed E-state index contributed by atoms with van der Waals surface area (Å²) in [5.41, 5.74) is 0. The van der Waals surface area contributed by atoms with Crippen molar-refractivity contribution in [3.63, 3.8) is 0 Å². The van der Waals surface area contributed by atoms with Gasteiger partial charge in [0.1, 0.15) is 0 Å². The number of rotatable bonds is 7. The van der Waals surface area contributed by atoms with E-state index >= 15 is 0 Å². The summed E-state index contributed by atoms with van der Waals surface area (Å²) in [6.45, 7) is 0.388. The van der Waals surface area contributed by atoms with Gasteiger partial charge in [0.2, 0.25) is 0 Å². The van der Waals surface area contributed by atoms with Gasteiger partial charge >= 0.3 is 5.97 Å². The van der Waals surface area contributed by atoms with Crippen LogP contribution >= 0.6 is 0 Å². The van der Waals surface area contributed by atoms with Gasteiger partial charge < -0.3 is 5.11 Å². The molecule has 18 heavy (non-hydrogen) atoms. The first kappa shape index (κ1) is 15.1. The predicted molar refractivity (Wildman–Crippen MR) is 68.3 cm³/mol. The highest BCUT2D eigenvalue weighted by atomic mass is 32.2. The summed E-state index contributed by atoms with van der Waals surface area (Å²) in [6, 6.07) is 0. The van der Waals surface area contributed by atoms with Crippen LogP contribution in [-0.2, 0) is 15.0 Å². The van der Waals surface area contributed by atoms with Crippen molar-refractivity contribution in [2.75, 3.05) is 20.1 Å². The minimum atomic E-state index is -3.56. The second-order valence-corrected chi connectivity index (χ2v) is 6.33. The Morgan fingerprint density at radius 2 is 2.22 bits per heavy atom. The van der Waals surface area contributed by atoms with E-state index in [1.807, 2.05) is 0 Å². The van der Waals surface area contributed by atoms with Gasteiger partial charge in [-0.25, -0.2) is 4.72 Å². The number of carboxylic acid groups (broad SMARTS) is 1. The Morgan fingerprint density at radius 1 is 1.50 bits per heavy atom. The van der Waals surface area contributed by atoms with Crippen LogP contribution in [0.2, 0.25) is 0 Å². The molecule has 0 saturated heterocycles. The lowest BCUT2D eigenvalue weighted by Gasteiger charge is -2.21. The monoisotopic (exact) mass is 276 g/mol. The van der Waals surface area contributed by atoms with Gasteiger partial charge in [0, 0.05) is 20.1 Å². The largest absolute Gasteiger partial charge is 0.481 e. The average molecular weight is 276 g/mol. The smallest absolute Gasteiger partial charge is 0.304 e. The molecule has 2 N–H and O–H groups in total. The molecule has 6 nitrogen and oxygen atoms in total. The van der Waals surface area contributed by atoms with Gasteiger partial charge in [0.25, 0.3) is 10.2 Å². The summed E-state index contributed by atoms with van der Waals surface area (Å²) in [5.74, 6) is -0.674. The minimum Gasteiger partial charge on any atom is -0.481 e. The Bertz CT molecular complexity index is 405. The molecule has 1 unspecified atom stereocenters. The fourth-order valence-corrected chi connectivity index (χ4v) is 2.75. The molecule has 0 saturated carbocycles. The van der Waals surface area contributed by atoms with Gasteiger partial charge in [-0.3, -0.25) is 4.79 Å². The SMILES string of the molecule is CN(CCC(=O)O)S(=O)(=O)NCC1CC=CCC1. The summed E-state index contributed by atoms with van der Waals surface area (Å²) in [7, 11) is -2.18. The van der Waals surface area contributed by atoms with E-state index in [1.165, 1.54) is 7.05 Å². The Morgan fingerprint density at radius 3 is 2.78 bits per heavy atom. The molecule has 1 aliphatic carbocycles. The zero-order valence-electron chi connectivity index (χ0n) is 10.5. The van der Waals surface area contributed by atoms with E-state index in [4.69, 9.17) is 5.11 Å². The standard InChI is InChI=1S/C11H20N2O4S/c1-13(8-7-11(14)15)18(16,17)12-9-10-5-3-2-4-6-10/h2-3,10,12H,4-9H2,1H3,(H,14,15). The Balaban J connectivity index is 2.38. The third-order valence-corrected chi connectivity index (χ3v) is 4.52. The fourth-order valence-electron chi connectivity index (χ4n) is 1.75. The number of nitrogens with one attached hydrogen (secondary N) is 1. The Labute approximate surface area is 108 Å². The minimum absolute atomic E-state index is 0.0186. The lowest BCUT2D eigenvalue weighted by Crippen LogP contribution is -2.41. The van der Waals surface area contributed by atoms with E-state index in [1.54, 1.807) is 0 Å². The Hall–Kier alpha value is -0.920. The zero-order valence-corrected chi connectivity index (χ0v) is 11.3. The van der Waals surface area contributed by atoms with E-state index < -0.39 is 16.2 Å². The van der Waals surface area contributed by atoms with E-state index in [9.17, 15) is 13.2 Å². The molecule has 7 heteroatoms. The number of allylic oxidation sites excluding steroid dienone is 2. The topological polar surface area (TPSA) is 86.7 Å². The fraction of sp³-hybridized carbons (Fsp3) is 0.727. The number of hydrogen-bond acceptors (Lipinski definition) is 3. The number of carboxylic acids is 1. The molecule has 104 valence electrons. The van der Waals surface area contributed by atoms with Gasteiger partial charge in [-0.05, 0) is 25.2 Å². The highest BCUT2D eigenvalue weighted by Gasteiger charge is 2.20. The molecular weight excluding hydrogens is 256 g/mol. The van der Waals surface area contributed by atoms with Crippen molar-refractivity contribution >= 4 is 16.2 Å². The van der Waals surface area contributed by atoms with Crippen LogP contribution in [0.4, 0.5) is 0 Å². The maximum absolute atomic E-state index is 11.8. The molecule has 0 radical (unpaired) electrons. The van der Waals surface area contributed by atoms with E-state index in [0.717, 1.165) is 23.6 Å². The van der Waals surface area contributed by atoms with Crippen LogP contribution in [0.1, 0.15) is 25.7 Å². The molecule has 0 amide bonds. The van der Waals surface area contributed by atoms with Crippen LogP contribution in [0, 0.1) is 5.92 Å². The Kier molecular flexibility index (Phi) is 5.77. The predicted octanol–water partition coefficient (Wildman–Crippen LogP) is 0.584. The summed E-state index contributed by atoms with van der Waals surface area (Å²) < 4.78 is 27.1. The van der Waals surface area contributed by atoms with Crippen molar-refractivity contribution < 1.29 is 18.3 Å². The first-order valence-electron chi connectivity index (χ1n) is 5.99. The molecule has 1 aliphatic rings. The summed E-state index contributed by atoms with van der Waals surface area (Å²) >= 11 is 0. The van der Waals surface area contributed by atoms with Crippen molar-refractivity contribution in [3.05, 3.63) is 12.2 Å². The summed E-state index contributed by atoms with van der Waals surface area (Å²) in [6.07, 6.45) is 6.84. The van der Waals surface area contributed by atoms with Gasteiger partial charge in [-0.15, -0.1) is 0 Å². The number of carbonyl (C=O) groups is 1. The summed E-state index contributed by atoms with van der Waals surface area (Å²) in [4.78, 5) is 10.4. The van der Waals surface area contributed by atoms with Crippen LogP contribution in [0.25, 0.3) is 0 Å². The molecule has 1 atom stereocenters. The van der Waals surface area contributed by atoms with Crippen LogP contribution in [0.5, 0.6) is 0 Å². The third-order valence-electron chi connectivity index (χ3n) is 2.98. The zero-order chi connectivity index (χ0) is 13.6. The molecule has 0 aliphatic heterocycles. The van der Waals surface area contributed by atoms with Crippen molar-refractivity contribution in [1.29, 1.82) is 0 Å². The van der Waals surface area contributed by atoms with Crippen LogP contribution in [0.15, 0.2) is 12.2 Å². The molecular formula is C11H20N2O4S. The average Bonchev–Trinajstić information content (AvgIpc) is 2.34. The lowest BCUT2D eigenvalue weighted by molar-refractivity contribution is -0.137. The number of hydrogen-bond donors (Lipinski definition) is 2. The van der Waals surface area contributed by atoms with Crippen molar-refractivity contribution in [1.82, 2.24) is 9.03 Å². The van der Waals surface area contributed by atoms with Crippen molar-refractivity contribution in [2.24, 2.45) is 5.92 Å². The van der Waals surface area contributed by atoms with Gasteiger partial charge in [-0.2, -0.15) is 12.7 Å². The van der Waals surface area contributed by atoms with Crippen molar-refractivity contribution in [3.8, 4) is 0 Å². The molecule has 0 aromatic carbocycles. The second kappa shape index (κ2) is 6.86. The second-order valence-electron chi connectivity index (χ2n) is 4.47. The van der Waals surface area contributed by atoms with Crippen LogP contribution in [0.3, 0.4) is 0 Å². The van der Waals surface area contributed by atoms with Gasteiger partial charge in [0.05, 0.1) is 6.42 Å². The number of nitrogens with zero attached hydrogens (tertiary/aromatic N) is 1. The molecule has 0 bridgehead atoms. The molecule has 0 aromatic heterocycles. The van der Waals surface area contributed by atoms with Gasteiger partial charge in [0.15, 0.2) is 0 Å². The first-order chi connectivity index (χ1) is 8.42. The van der Waals surface area contributed by atoms with E-state index in [0.29, 0.717) is 12.5 Å². The maximum Gasteiger partial charge on any atom is 0.304 e. The first-order valence-corrected chi connectivity index (χ1v) is 7.43. The highest BCUT2D eigenvalue weighted by molar-refractivity contribution is 7.87. The lowest BCUT2D eigenvalue weighted by atomic mass is 9.95. The molecule has 0 aromatic rings. The normalized spacial score (nSPS) is 20.2. The van der Waals surface area contributed by atoms with Crippen LogP contribution in [-0.4, -0.2) is 43.9 Å². The third kappa shape index (κ3) is 5.16. The molecule has 0 fully saturated rings. The quantitative estimate of drug-likeness (QED) is 0.666. The molecule has 0 spiro atoms. The maximum atomic E-state index is 11.8. The molecule has 1 rings (SSSR count). The van der Waals surface area contributed by atoms with E-state index in [2.05, 4.69) is 16.9 Å².